The molecule has 112 valence electrons. The van der Waals surface area contributed by atoms with Gasteiger partial charge in [-0.15, -0.1) is 0 Å². The predicted molar refractivity (Wildman–Crippen MR) is 82.8 cm³/mol. The van der Waals surface area contributed by atoms with Crippen LogP contribution < -0.4 is 0 Å². The number of hydrogen-bond acceptors (Lipinski definition) is 3. The fourth-order valence-electron chi connectivity index (χ4n) is 2.64. The molecule has 1 aliphatic carbocycles. The number of ether oxygens (including phenoxy) is 1. The Labute approximate surface area is 126 Å². The van der Waals surface area contributed by atoms with Crippen LogP contribution in [0, 0.1) is 6.92 Å². The van der Waals surface area contributed by atoms with E-state index in [1.807, 2.05) is 31.2 Å². The number of esters is 1. The SMILES string of the molecule is CCOC(=O)/C1=C(\c2ccc(C)cc2)CC(=O)CCCC1. The molecule has 0 radical (unpaired) electrons. The van der Waals surface area contributed by atoms with Crippen LogP contribution in [0.3, 0.4) is 0 Å². The summed E-state index contributed by atoms with van der Waals surface area (Å²) in [5.74, 6) is -0.0742. The Morgan fingerprint density at radius 2 is 1.81 bits per heavy atom. The normalized spacial score (nSPS) is 19.8. The molecule has 1 aromatic carbocycles. The third kappa shape index (κ3) is 4.03. The highest BCUT2D eigenvalue weighted by atomic mass is 16.5. The minimum absolute atomic E-state index is 0.201. The Hall–Kier alpha value is -1.90. The maximum Gasteiger partial charge on any atom is 0.334 e. The lowest BCUT2D eigenvalue weighted by molar-refractivity contribution is -0.138. The molecule has 0 N–H and O–H groups in total. The Kier molecular flexibility index (Phi) is 5.32. The standard InChI is InChI=1S/C18H22O3/c1-3-21-18(20)16-7-5-4-6-15(19)12-17(16)14-10-8-13(2)9-11-14/h8-11H,3-7,12H2,1-2H3/b17-16-. The largest absolute Gasteiger partial charge is 0.463 e. The average molecular weight is 286 g/mol. The second-order valence-corrected chi connectivity index (χ2v) is 5.47. The summed E-state index contributed by atoms with van der Waals surface area (Å²) in [4.78, 5) is 24.3. The zero-order valence-electron chi connectivity index (χ0n) is 12.8. The van der Waals surface area contributed by atoms with Gasteiger partial charge in [0.1, 0.15) is 5.78 Å². The molecular weight excluding hydrogens is 264 g/mol. The van der Waals surface area contributed by atoms with E-state index in [2.05, 4.69) is 0 Å². The number of aryl methyl sites for hydroxylation is 1. The predicted octanol–water partition coefficient (Wildman–Crippen LogP) is 3.84. The van der Waals surface area contributed by atoms with Gasteiger partial charge < -0.3 is 4.74 Å². The molecule has 0 spiro atoms. The quantitative estimate of drug-likeness (QED) is 0.793. The molecule has 0 saturated carbocycles. The molecule has 21 heavy (non-hydrogen) atoms. The highest BCUT2D eigenvalue weighted by molar-refractivity contribution is 6.02. The van der Waals surface area contributed by atoms with Crippen LogP contribution in [0.5, 0.6) is 0 Å². The van der Waals surface area contributed by atoms with Gasteiger partial charge >= 0.3 is 5.97 Å². The molecule has 0 amide bonds. The monoisotopic (exact) mass is 286 g/mol. The van der Waals surface area contributed by atoms with Gasteiger partial charge in [0.05, 0.1) is 6.61 Å². The van der Waals surface area contributed by atoms with Crippen LogP contribution in [0.25, 0.3) is 5.57 Å². The molecule has 0 aliphatic heterocycles. The zero-order valence-corrected chi connectivity index (χ0v) is 12.8. The van der Waals surface area contributed by atoms with Crippen LogP contribution in [0.15, 0.2) is 29.8 Å². The van der Waals surface area contributed by atoms with Gasteiger partial charge in [0.2, 0.25) is 0 Å². The summed E-state index contributed by atoms with van der Waals surface area (Å²) in [6, 6.07) is 7.99. The number of ketones is 1. The van der Waals surface area contributed by atoms with E-state index in [-0.39, 0.29) is 11.8 Å². The van der Waals surface area contributed by atoms with Gasteiger partial charge in [0.15, 0.2) is 0 Å². The first-order valence-electron chi connectivity index (χ1n) is 7.59. The van der Waals surface area contributed by atoms with Crippen molar-refractivity contribution in [3.8, 4) is 0 Å². The lowest BCUT2D eigenvalue weighted by Crippen LogP contribution is -2.14. The van der Waals surface area contributed by atoms with E-state index in [9.17, 15) is 9.59 Å². The van der Waals surface area contributed by atoms with Gasteiger partial charge in [-0.2, -0.15) is 0 Å². The van der Waals surface area contributed by atoms with E-state index in [1.165, 1.54) is 0 Å². The second kappa shape index (κ2) is 7.21. The third-order valence-corrected chi connectivity index (χ3v) is 3.79. The Bertz CT molecular complexity index is 552. The number of Topliss-reactive ketones (excluding diaryl/α,β-unsaturated/α-hetero) is 1. The summed E-state index contributed by atoms with van der Waals surface area (Å²) in [6.07, 6.45) is 3.33. The summed E-state index contributed by atoms with van der Waals surface area (Å²) in [5, 5.41) is 0. The van der Waals surface area contributed by atoms with E-state index in [0.717, 1.165) is 29.5 Å². The lowest BCUT2D eigenvalue weighted by atomic mass is 9.88. The molecule has 3 heteroatoms. The Morgan fingerprint density at radius 3 is 2.48 bits per heavy atom. The van der Waals surface area contributed by atoms with Crippen LogP contribution in [0.4, 0.5) is 0 Å². The van der Waals surface area contributed by atoms with Crippen molar-refractivity contribution in [2.24, 2.45) is 0 Å². The van der Waals surface area contributed by atoms with Gasteiger partial charge in [-0.1, -0.05) is 29.8 Å². The molecule has 0 bridgehead atoms. The van der Waals surface area contributed by atoms with Crippen LogP contribution in [-0.2, 0) is 14.3 Å². The smallest absolute Gasteiger partial charge is 0.334 e. The van der Waals surface area contributed by atoms with E-state index in [0.29, 0.717) is 31.4 Å². The maximum atomic E-state index is 12.2. The first kappa shape index (κ1) is 15.5. The highest BCUT2D eigenvalue weighted by Gasteiger charge is 2.22. The molecule has 3 nitrogen and oxygen atoms in total. The third-order valence-electron chi connectivity index (χ3n) is 3.79. The van der Waals surface area contributed by atoms with Gasteiger partial charge in [0.25, 0.3) is 0 Å². The average Bonchev–Trinajstić information content (AvgIpc) is 2.44. The summed E-state index contributed by atoms with van der Waals surface area (Å²) in [7, 11) is 0. The minimum atomic E-state index is -0.275. The van der Waals surface area contributed by atoms with E-state index in [4.69, 9.17) is 4.74 Å². The molecule has 0 unspecified atom stereocenters. The van der Waals surface area contributed by atoms with Crippen LogP contribution in [0.2, 0.25) is 0 Å². The van der Waals surface area contributed by atoms with Crippen LogP contribution in [0.1, 0.15) is 50.2 Å². The highest BCUT2D eigenvalue weighted by Crippen LogP contribution is 2.30. The van der Waals surface area contributed by atoms with Crippen molar-refractivity contribution in [2.45, 2.75) is 46.0 Å². The summed E-state index contributed by atoms with van der Waals surface area (Å²) >= 11 is 0. The van der Waals surface area contributed by atoms with Crippen molar-refractivity contribution in [3.05, 3.63) is 41.0 Å². The van der Waals surface area contributed by atoms with Gasteiger partial charge in [0, 0.05) is 18.4 Å². The Morgan fingerprint density at radius 1 is 1.14 bits per heavy atom. The van der Waals surface area contributed by atoms with Crippen molar-refractivity contribution in [1.82, 2.24) is 0 Å². The minimum Gasteiger partial charge on any atom is -0.463 e. The fraction of sp³-hybridized carbons (Fsp3) is 0.444. The first-order valence-corrected chi connectivity index (χ1v) is 7.59. The summed E-state index contributed by atoms with van der Waals surface area (Å²) in [5.41, 5.74) is 3.64. The fourth-order valence-corrected chi connectivity index (χ4v) is 2.64. The molecule has 0 fully saturated rings. The van der Waals surface area contributed by atoms with Crippen molar-refractivity contribution >= 4 is 17.3 Å². The molecule has 0 saturated heterocycles. The molecule has 1 aromatic rings. The topological polar surface area (TPSA) is 43.4 Å². The number of allylic oxidation sites excluding steroid dienone is 1. The molecular formula is C18H22O3. The molecule has 0 aromatic heterocycles. The Balaban J connectivity index is 2.46. The molecule has 1 aliphatic rings. The lowest BCUT2D eigenvalue weighted by Gasteiger charge is -2.17. The van der Waals surface area contributed by atoms with E-state index >= 15 is 0 Å². The molecule has 0 heterocycles. The number of benzene rings is 1. The van der Waals surface area contributed by atoms with Crippen molar-refractivity contribution in [2.75, 3.05) is 6.61 Å². The van der Waals surface area contributed by atoms with Gasteiger partial charge in [-0.25, -0.2) is 4.79 Å². The summed E-state index contributed by atoms with van der Waals surface area (Å²) < 4.78 is 5.18. The molecule has 2 rings (SSSR count). The zero-order chi connectivity index (χ0) is 15.2. The van der Waals surface area contributed by atoms with Crippen molar-refractivity contribution < 1.29 is 14.3 Å². The van der Waals surface area contributed by atoms with E-state index in [1.54, 1.807) is 6.92 Å². The maximum absolute atomic E-state index is 12.2. The van der Waals surface area contributed by atoms with Crippen molar-refractivity contribution in [3.63, 3.8) is 0 Å². The van der Waals surface area contributed by atoms with Crippen LogP contribution in [-0.4, -0.2) is 18.4 Å². The number of hydrogen-bond donors (Lipinski definition) is 0. The van der Waals surface area contributed by atoms with Gasteiger partial charge in [-0.3, -0.25) is 4.79 Å². The molecule has 0 atom stereocenters. The second-order valence-electron chi connectivity index (χ2n) is 5.47. The summed E-state index contributed by atoms with van der Waals surface area (Å²) in [6.45, 7) is 4.18. The van der Waals surface area contributed by atoms with Gasteiger partial charge in [-0.05, 0) is 44.2 Å². The number of carbonyl (C=O) groups excluding carboxylic acids is 2. The van der Waals surface area contributed by atoms with Crippen LogP contribution >= 0.6 is 0 Å². The number of rotatable bonds is 3. The van der Waals surface area contributed by atoms with E-state index < -0.39 is 0 Å². The van der Waals surface area contributed by atoms with Crippen molar-refractivity contribution in [1.29, 1.82) is 0 Å². The number of carbonyl (C=O) groups is 2. The first-order chi connectivity index (χ1) is 10.1.